The first-order valence-corrected chi connectivity index (χ1v) is 7.97. The van der Waals surface area contributed by atoms with Gasteiger partial charge in [0, 0.05) is 16.7 Å². The molecule has 0 saturated carbocycles. The zero-order valence-electron chi connectivity index (χ0n) is 13.8. The van der Waals surface area contributed by atoms with Crippen molar-refractivity contribution < 1.29 is 10.2 Å². The van der Waals surface area contributed by atoms with Crippen molar-refractivity contribution in [2.24, 2.45) is 0 Å². The summed E-state index contributed by atoms with van der Waals surface area (Å²) >= 11 is 0. The Balaban J connectivity index is 3.57. The third-order valence-corrected chi connectivity index (χ3v) is 4.74. The molecule has 0 heterocycles. The molecule has 0 aromatic heterocycles. The summed E-state index contributed by atoms with van der Waals surface area (Å²) in [5.41, 5.74) is 2.77. The van der Waals surface area contributed by atoms with Crippen molar-refractivity contribution in [3.8, 4) is 11.5 Å². The first-order valence-electron chi connectivity index (χ1n) is 7.97. The van der Waals surface area contributed by atoms with E-state index in [0.717, 1.165) is 36.0 Å². The van der Waals surface area contributed by atoms with Gasteiger partial charge in [-0.3, -0.25) is 0 Å². The van der Waals surface area contributed by atoms with E-state index in [4.69, 9.17) is 0 Å². The molecule has 0 aliphatic carbocycles. The van der Waals surface area contributed by atoms with Gasteiger partial charge in [0.2, 0.25) is 0 Å². The third-order valence-electron chi connectivity index (χ3n) is 4.74. The topological polar surface area (TPSA) is 40.5 Å². The SMILES string of the molecule is CCC(C)c1cc(O)c(C(C)CC)c(C(C)CC)c1O. The number of rotatable bonds is 6. The van der Waals surface area contributed by atoms with Crippen LogP contribution in [-0.4, -0.2) is 10.2 Å². The third kappa shape index (κ3) is 3.11. The molecule has 0 spiro atoms. The lowest BCUT2D eigenvalue weighted by Crippen LogP contribution is -2.06. The summed E-state index contributed by atoms with van der Waals surface area (Å²) in [5, 5.41) is 21.2. The predicted octanol–water partition coefficient (Wildman–Crippen LogP) is 5.64. The van der Waals surface area contributed by atoms with E-state index in [1.807, 2.05) is 0 Å². The first-order chi connectivity index (χ1) is 9.38. The molecule has 2 nitrogen and oxygen atoms in total. The van der Waals surface area contributed by atoms with E-state index in [1.54, 1.807) is 6.07 Å². The minimum atomic E-state index is 0.258. The van der Waals surface area contributed by atoms with Crippen LogP contribution in [0.3, 0.4) is 0 Å². The minimum absolute atomic E-state index is 0.258. The first kappa shape index (κ1) is 16.9. The van der Waals surface area contributed by atoms with Crippen LogP contribution in [0.4, 0.5) is 0 Å². The second-order valence-corrected chi connectivity index (χ2v) is 6.09. The van der Waals surface area contributed by atoms with Crippen LogP contribution < -0.4 is 0 Å². The molecule has 0 fully saturated rings. The largest absolute Gasteiger partial charge is 0.508 e. The van der Waals surface area contributed by atoms with Gasteiger partial charge in [0.05, 0.1) is 0 Å². The van der Waals surface area contributed by atoms with Crippen molar-refractivity contribution in [1.82, 2.24) is 0 Å². The number of phenolic OH excluding ortho intramolecular Hbond substituents is 2. The van der Waals surface area contributed by atoms with Crippen LogP contribution in [0.15, 0.2) is 6.07 Å². The van der Waals surface area contributed by atoms with Crippen LogP contribution in [0.1, 0.15) is 95.2 Å². The summed E-state index contributed by atoms with van der Waals surface area (Å²) in [6.07, 6.45) is 2.87. The summed E-state index contributed by atoms with van der Waals surface area (Å²) in [4.78, 5) is 0. The van der Waals surface area contributed by atoms with Gasteiger partial charge < -0.3 is 10.2 Å². The average molecular weight is 278 g/mol. The molecule has 20 heavy (non-hydrogen) atoms. The lowest BCUT2D eigenvalue weighted by atomic mass is 9.81. The van der Waals surface area contributed by atoms with E-state index in [2.05, 4.69) is 41.5 Å². The fraction of sp³-hybridized carbons (Fsp3) is 0.667. The highest BCUT2D eigenvalue weighted by molar-refractivity contribution is 5.56. The van der Waals surface area contributed by atoms with Gasteiger partial charge in [0.25, 0.3) is 0 Å². The van der Waals surface area contributed by atoms with Gasteiger partial charge in [-0.05, 0) is 43.1 Å². The van der Waals surface area contributed by atoms with Crippen LogP contribution in [0.2, 0.25) is 0 Å². The van der Waals surface area contributed by atoms with E-state index in [0.29, 0.717) is 11.5 Å². The lowest BCUT2D eigenvalue weighted by Gasteiger charge is -2.25. The second kappa shape index (κ2) is 7.01. The molecule has 0 bridgehead atoms. The van der Waals surface area contributed by atoms with E-state index >= 15 is 0 Å². The zero-order valence-corrected chi connectivity index (χ0v) is 13.8. The monoisotopic (exact) mass is 278 g/mol. The average Bonchev–Trinajstić information content (AvgIpc) is 2.46. The maximum absolute atomic E-state index is 10.7. The summed E-state index contributed by atoms with van der Waals surface area (Å²) in [7, 11) is 0. The van der Waals surface area contributed by atoms with Crippen LogP contribution in [0.5, 0.6) is 11.5 Å². The van der Waals surface area contributed by atoms with E-state index in [9.17, 15) is 10.2 Å². The fourth-order valence-electron chi connectivity index (χ4n) is 2.74. The highest BCUT2D eigenvalue weighted by Gasteiger charge is 2.25. The molecule has 0 saturated heterocycles. The minimum Gasteiger partial charge on any atom is -0.508 e. The van der Waals surface area contributed by atoms with Gasteiger partial charge in [-0.1, -0.05) is 41.5 Å². The van der Waals surface area contributed by atoms with Crippen LogP contribution in [0.25, 0.3) is 0 Å². The molecule has 1 aromatic rings. The van der Waals surface area contributed by atoms with Crippen LogP contribution in [0, 0.1) is 0 Å². The van der Waals surface area contributed by atoms with Gasteiger partial charge in [-0.15, -0.1) is 0 Å². The highest BCUT2D eigenvalue weighted by Crippen LogP contribution is 2.45. The normalized spacial score (nSPS) is 15.9. The molecule has 2 heteroatoms. The Morgan fingerprint density at radius 2 is 1.25 bits per heavy atom. The van der Waals surface area contributed by atoms with Gasteiger partial charge in [-0.2, -0.15) is 0 Å². The molecule has 0 aliphatic rings. The Morgan fingerprint density at radius 1 is 0.800 bits per heavy atom. The molecule has 3 unspecified atom stereocenters. The molecular formula is C18H30O2. The summed E-state index contributed by atoms with van der Waals surface area (Å²) < 4.78 is 0. The number of aromatic hydroxyl groups is 2. The van der Waals surface area contributed by atoms with Gasteiger partial charge in [-0.25, -0.2) is 0 Å². The van der Waals surface area contributed by atoms with Gasteiger partial charge >= 0.3 is 0 Å². The second-order valence-electron chi connectivity index (χ2n) is 6.09. The molecule has 0 aliphatic heterocycles. The Hall–Kier alpha value is -1.18. The molecule has 0 amide bonds. The predicted molar refractivity (Wildman–Crippen MR) is 85.9 cm³/mol. The number of hydrogen-bond donors (Lipinski definition) is 2. The smallest absolute Gasteiger partial charge is 0.123 e. The number of phenols is 2. The number of hydrogen-bond acceptors (Lipinski definition) is 2. The Bertz CT molecular complexity index is 451. The lowest BCUT2D eigenvalue weighted by molar-refractivity contribution is 0.426. The van der Waals surface area contributed by atoms with Crippen molar-refractivity contribution in [1.29, 1.82) is 0 Å². The summed E-state index contributed by atoms with van der Waals surface area (Å²) in [6.45, 7) is 12.7. The molecule has 114 valence electrons. The van der Waals surface area contributed by atoms with Crippen molar-refractivity contribution in [3.63, 3.8) is 0 Å². The van der Waals surface area contributed by atoms with Crippen molar-refractivity contribution in [3.05, 3.63) is 22.8 Å². The quantitative estimate of drug-likeness (QED) is 0.661. The summed E-state index contributed by atoms with van der Waals surface area (Å²) in [5.74, 6) is 1.53. The molecule has 1 aromatic carbocycles. The van der Waals surface area contributed by atoms with Gasteiger partial charge in [0.1, 0.15) is 11.5 Å². The Labute approximate surface area is 123 Å². The van der Waals surface area contributed by atoms with Crippen LogP contribution in [-0.2, 0) is 0 Å². The van der Waals surface area contributed by atoms with E-state index < -0.39 is 0 Å². The van der Waals surface area contributed by atoms with Crippen molar-refractivity contribution in [2.45, 2.75) is 78.6 Å². The number of benzene rings is 1. The molecular weight excluding hydrogens is 248 g/mol. The standard InChI is InChI=1S/C18H30O2/c1-7-11(4)14-10-15(19)16(12(5)8-2)17(18(14)20)13(6)9-3/h10-13,19-20H,7-9H2,1-6H3. The van der Waals surface area contributed by atoms with Gasteiger partial charge in [0.15, 0.2) is 0 Å². The summed E-state index contributed by atoms with van der Waals surface area (Å²) in [6, 6.07) is 1.77. The fourth-order valence-corrected chi connectivity index (χ4v) is 2.74. The maximum atomic E-state index is 10.7. The van der Waals surface area contributed by atoms with Crippen LogP contribution >= 0.6 is 0 Å². The molecule has 0 radical (unpaired) electrons. The molecule has 3 atom stereocenters. The van der Waals surface area contributed by atoms with Crippen molar-refractivity contribution >= 4 is 0 Å². The Kier molecular flexibility index (Phi) is 5.91. The molecule has 1 rings (SSSR count). The Morgan fingerprint density at radius 3 is 1.70 bits per heavy atom. The van der Waals surface area contributed by atoms with Crippen molar-refractivity contribution in [2.75, 3.05) is 0 Å². The van der Waals surface area contributed by atoms with E-state index in [1.165, 1.54) is 0 Å². The molecule has 2 N–H and O–H groups in total. The maximum Gasteiger partial charge on any atom is 0.123 e. The zero-order chi connectivity index (χ0) is 15.4. The van der Waals surface area contributed by atoms with E-state index in [-0.39, 0.29) is 17.8 Å². The highest BCUT2D eigenvalue weighted by atomic mass is 16.3.